The minimum atomic E-state index is -0.0500. The molecule has 0 saturated heterocycles. The molecule has 0 amide bonds. The number of hydrogen-bond donors (Lipinski definition) is 0. The van der Waals surface area contributed by atoms with Gasteiger partial charge in [0.25, 0.3) is 5.56 Å². The highest BCUT2D eigenvalue weighted by atomic mass is 79.9. The Balaban J connectivity index is 1.91. The van der Waals surface area contributed by atoms with Gasteiger partial charge in [0, 0.05) is 12.4 Å². The number of benzene rings is 1. The van der Waals surface area contributed by atoms with Gasteiger partial charge in [0.05, 0.1) is 26.7 Å². The molecule has 0 saturated carbocycles. The number of aryl methyl sites for hydroxylation is 2. The van der Waals surface area contributed by atoms with Crippen molar-refractivity contribution in [1.82, 2.24) is 14.3 Å². The molecule has 23 heavy (non-hydrogen) atoms. The first-order valence-electron chi connectivity index (χ1n) is 7.23. The highest BCUT2D eigenvalue weighted by Crippen LogP contribution is 2.35. The van der Waals surface area contributed by atoms with Crippen LogP contribution in [0.3, 0.4) is 0 Å². The predicted octanol–water partition coefficient (Wildman–Crippen LogP) is 4.07. The second-order valence-electron chi connectivity index (χ2n) is 5.68. The number of fused-ring (bicyclic) bond motifs is 3. The van der Waals surface area contributed by atoms with Gasteiger partial charge in [-0.1, -0.05) is 29.8 Å². The molecule has 4 aromatic rings. The summed E-state index contributed by atoms with van der Waals surface area (Å²) < 4.78 is 5.66. The summed E-state index contributed by atoms with van der Waals surface area (Å²) >= 11 is 5.14. The average Bonchev–Trinajstić information content (AvgIpc) is 3.00. The SMILES string of the molecule is Cc1cccc(Cn2ncc3c4sc(Br)cc4n(C)c3c2=O)c1. The minimum absolute atomic E-state index is 0.0500. The van der Waals surface area contributed by atoms with Crippen molar-refractivity contribution in [2.45, 2.75) is 13.5 Å². The highest BCUT2D eigenvalue weighted by Gasteiger charge is 2.16. The van der Waals surface area contributed by atoms with Gasteiger partial charge in [-0.2, -0.15) is 5.10 Å². The molecule has 4 nitrogen and oxygen atoms in total. The molecule has 0 atom stereocenters. The Labute approximate surface area is 145 Å². The van der Waals surface area contributed by atoms with E-state index in [1.807, 2.05) is 42.8 Å². The molecular weight excluding hydrogens is 374 g/mol. The number of thiophene rings is 1. The Morgan fingerprint density at radius 1 is 1.30 bits per heavy atom. The minimum Gasteiger partial charge on any atom is -0.338 e. The maximum absolute atomic E-state index is 12.9. The molecule has 0 aliphatic rings. The molecular formula is C17H14BrN3OS. The normalized spacial score (nSPS) is 11.6. The lowest BCUT2D eigenvalue weighted by Crippen LogP contribution is -2.24. The van der Waals surface area contributed by atoms with Crippen molar-refractivity contribution >= 4 is 48.4 Å². The summed E-state index contributed by atoms with van der Waals surface area (Å²) in [6.45, 7) is 2.53. The lowest BCUT2D eigenvalue weighted by Gasteiger charge is -2.06. The van der Waals surface area contributed by atoms with Gasteiger partial charge in [-0.3, -0.25) is 4.79 Å². The zero-order chi connectivity index (χ0) is 16.1. The van der Waals surface area contributed by atoms with E-state index in [9.17, 15) is 4.79 Å². The first-order chi connectivity index (χ1) is 11.0. The zero-order valence-electron chi connectivity index (χ0n) is 12.7. The maximum atomic E-state index is 12.9. The molecule has 0 fully saturated rings. The molecule has 116 valence electrons. The Bertz CT molecular complexity index is 1110. The van der Waals surface area contributed by atoms with Crippen LogP contribution in [-0.2, 0) is 13.6 Å². The first kappa shape index (κ1) is 14.7. The van der Waals surface area contributed by atoms with Crippen molar-refractivity contribution in [1.29, 1.82) is 0 Å². The van der Waals surface area contributed by atoms with Crippen molar-refractivity contribution in [2.75, 3.05) is 0 Å². The molecule has 0 radical (unpaired) electrons. The monoisotopic (exact) mass is 387 g/mol. The quantitative estimate of drug-likeness (QED) is 0.520. The number of halogens is 1. The summed E-state index contributed by atoms with van der Waals surface area (Å²) in [5, 5.41) is 5.31. The standard InChI is InChI=1S/C17H14BrN3OS/c1-10-4-3-5-11(6-10)9-21-17(22)15-12(8-19-21)16-13(20(15)2)7-14(18)23-16/h3-8H,9H2,1-2H3. The Kier molecular flexibility index (Phi) is 3.39. The van der Waals surface area contributed by atoms with Gasteiger partial charge in [0.1, 0.15) is 5.52 Å². The lowest BCUT2D eigenvalue weighted by molar-refractivity contribution is 0.644. The van der Waals surface area contributed by atoms with Crippen LogP contribution in [0.4, 0.5) is 0 Å². The predicted molar refractivity (Wildman–Crippen MR) is 98.3 cm³/mol. The van der Waals surface area contributed by atoms with Crippen LogP contribution in [0.1, 0.15) is 11.1 Å². The van der Waals surface area contributed by atoms with Crippen molar-refractivity contribution in [2.24, 2.45) is 7.05 Å². The van der Waals surface area contributed by atoms with E-state index in [-0.39, 0.29) is 5.56 Å². The molecule has 3 heterocycles. The Hall–Kier alpha value is -1.92. The summed E-state index contributed by atoms with van der Waals surface area (Å²) in [5.74, 6) is 0. The maximum Gasteiger partial charge on any atom is 0.291 e. The number of rotatable bonds is 2. The number of aromatic nitrogens is 3. The smallest absolute Gasteiger partial charge is 0.291 e. The molecule has 3 aromatic heterocycles. The van der Waals surface area contributed by atoms with Gasteiger partial charge in [-0.05, 0) is 34.5 Å². The molecule has 4 rings (SSSR count). The molecule has 0 unspecified atom stereocenters. The van der Waals surface area contributed by atoms with Crippen LogP contribution in [0.25, 0.3) is 21.1 Å². The third kappa shape index (κ3) is 2.33. The second-order valence-corrected chi connectivity index (χ2v) is 8.11. The molecule has 0 aliphatic heterocycles. The van der Waals surface area contributed by atoms with E-state index < -0.39 is 0 Å². The summed E-state index contributed by atoms with van der Waals surface area (Å²) in [6.07, 6.45) is 1.80. The average molecular weight is 388 g/mol. The molecule has 0 aliphatic carbocycles. The van der Waals surface area contributed by atoms with Crippen molar-refractivity contribution in [3.8, 4) is 0 Å². The largest absolute Gasteiger partial charge is 0.338 e. The van der Waals surface area contributed by atoms with Crippen LogP contribution < -0.4 is 5.56 Å². The fourth-order valence-electron chi connectivity index (χ4n) is 2.98. The van der Waals surface area contributed by atoms with E-state index in [2.05, 4.69) is 27.1 Å². The van der Waals surface area contributed by atoms with Crippen molar-refractivity contribution in [3.63, 3.8) is 0 Å². The third-order valence-electron chi connectivity index (χ3n) is 4.06. The molecule has 0 N–H and O–H groups in total. The first-order valence-corrected chi connectivity index (χ1v) is 8.84. The lowest BCUT2D eigenvalue weighted by atomic mass is 10.1. The van der Waals surface area contributed by atoms with Crippen LogP contribution in [0.5, 0.6) is 0 Å². The third-order valence-corrected chi connectivity index (χ3v) is 5.72. The van der Waals surface area contributed by atoms with Crippen LogP contribution in [0, 0.1) is 6.92 Å². The molecule has 0 spiro atoms. The summed E-state index contributed by atoms with van der Waals surface area (Å²) in [4.78, 5) is 12.9. The van der Waals surface area contributed by atoms with Gasteiger partial charge in [0.15, 0.2) is 0 Å². The summed E-state index contributed by atoms with van der Waals surface area (Å²) in [6, 6.07) is 10.2. The zero-order valence-corrected chi connectivity index (χ0v) is 15.1. The molecule has 6 heteroatoms. The van der Waals surface area contributed by atoms with Crippen LogP contribution in [-0.4, -0.2) is 14.3 Å². The van der Waals surface area contributed by atoms with Crippen molar-refractivity contribution in [3.05, 3.63) is 61.8 Å². The summed E-state index contributed by atoms with van der Waals surface area (Å²) in [7, 11) is 1.93. The fraction of sp³-hybridized carbons (Fsp3) is 0.176. The number of hydrogen-bond acceptors (Lipinski definition) is 3. The molecule has 1 aromatic carbocycles. The second kappa shape index (κ2) is 5.32. The fourth-order valence-corrected chi connectivity index (χ4v) is 4.61. The van der Waals surface area contributed by atoms with E-state index in [4.69, 9.17) is 0 Å². The van der Waals surface area contributed by atoms with Gasteiger partial charge < -0.3 is 4.57 Å². The van der Waals surface area contributed by atoms with E-state index in [0.29, 0.717) is 12.1 Å². The van der Waals surface area contributed by atoms with Gasteiger partial charge in [0.2, 0.25) is 0 Å². The van der Waals surface area contributed by atoms with Crippen molar-refractivity contribution < 1.29 is 0 Å². The van der Waals surface area contributed by atoms with Crippen LogP contribution >= 0.6 is 27.3 Å². The van der Waals surface area contributed by atoms with Gasteiger partial charge in [-0.25, -0.2) is 4.68 Å². The van der Waals surface area contributed by atoms with Crippen LogP contribution in [0.2, 0.25) is 0 Å². The number of nitrogens with zero attached hydrogens (tertiary/aromatic N) is 3. The Morgan fingerprint density at radius 3 is 2.91 bits per heavy atom. The Morgan fingerprint density at radius 2 is 2.13 bits per heavy atom. The highest BCUT2D eigenvalue weighted by molar-refractivity contribution is 9.11. The van der Waals surface area contributed by atoms with E-state index in [0.717, 1.165) is 25.0 Å². The van der Waals surface area contributed by atoms with E-state index in [1.54, 1.807) is 17.5 Å². The van der Waals surface area contributed by atoms with Gasteiger partial charge in [-0.15, -0.1) is 11.3 Å². The molecule has 0 bridgehead atoms. The van der Waals surface area contributed by atoms with E-state index >= 15 is 0 Å². The van der Waals surface area contributed by atoms with Crippen LogP contribution in [0.15, 0.2) is 45.1 Å². The summed E-state index contributed by atoms with van der Waals surface area (Å²) in [5.41, 5.74) is 3.98. The van der Waals surface area contributed by atoms with E-state index in [1.165, 1.54) is 10.2 Å². The van der Waals surface area contributed by atoms with Gasteiger partial charge >= 0.3 is 0 Å². The topological polar surface area (TPSA) is 39.8 Å².